The molecule has 0 saturated carbocycles. The second-order valence-corrected chi connectivity index (χ2v) is 7.35. The van der Waals surface area contributed by atoms with Crippen molar-refractivity contribution in [3.05, 3.63) is 33.8 Å². The van der Waals surface area contributed by atoms with E-state index in [-0.39, 0.29) is 5.54 Å². The zero-order chi connectivity index (χ0) is 15.6. The Morgan fingerprint density at radius 2 is 1.76 bits per heavy atom. The predicted octanol–water partition coefficient (Wildman–Crippen LogP) is 4.14. The van der Waals surface area contributed by atoms with E-state index >= 15 is 0 Å². The number of benzene rings is 1. The third-order valence-corrected chi connectivity index (χ3v) is 4.08. The predicted molar refractivity (Wildman–Crippen MR) is 87.2 cm³/mol. The molecule has 5 heteroatoms. The number of nitrogens with zero attached hydrogens (tertiary/aromatic N) is 2. The summed E-state index contributed by atoms with van der Waals surface area (Å²) in [4.78, 5) is 0. The van der Waals surface area contributed by atoms with Gasteiger partial charge in [0.2, 0.25) is 0 Å². The fourth-order valence-corrected chi connectivity index (χ4v) is 2.50. The standard InChI is InChI=1S/C16H23N3OS/c1-10-7-8-11(2)14(12(10)3)20-15-19-18-13(21-15)9-17-16(4,5)6/h7-8,17H,9H2,1-6H3. The van der Waals surface area contributed by atoms with E-state index in [4.69, 9.17) is 4.74 Å². The van der Waals surface area contributed by atoms with Crippen molar-refractivity contribution in [2.24, 2.45) is 0 Å². The minimum Gasteiger partial charge on any atom is -0.429 e. The Hall–Kier alpha value is -1.46. The van der Waals surface area contributed by atoms with Crippen LogP contribution in [0.2, 0.25) is 0 Å². The largest absolute Gasteiger partial charge is 0.429 e. The summed E-state index contributed by atoms with van der Waals surface area (Å²) < 4.78 is 5.95. The number of nitrogens with one attached hydrogen (secondary N) is 1. The van der Waals surface area contributed by atoms with Gasteiger partial charge in [0.1, 0.15) is 10.8 Å². The van der Waals surface area contributed by atoms with E-state index in [1.54, 1.807) is 0 Å². The average molecular weight is 305 g/mol. The highest BCUT2D eigenvalue weighted by atomic mass is 32.1. The van der Waals surface area contributed by atoms with E-state index in [1.807, 2.05) is 6.92 Å². The van der Waals surface area contributed by atoms with Crippen LogP contribution in [0.5, 0.6) is 10.9 Å². The van der Waals surface area contributed by atoms with E-state index in [2.05, 4.69) is 62.3 Å². The minimum absolute atomic E-state index is 0.0659. The number of hydrogen-bond donors (Lipinski definition) is 1. The highest BCUT2D eigenvalue weighted by molar-refractivity contribution is 7.13. The van der Waals surface area contributed by atoms with Crippen LogP contribution >= 0.6 is 11.3 Å². The summed E-state index contributed by atoms with van der Waals surface area (Å²) >= 11 is 1.48. The maximum absolute atomic E-state index is 5.95. The molecule has 1 aromatic carbocycles. The second-order valence-electron chi connectivity index (χ2n) is 6.32. The van der Waals surface area contributed by atoms with Crippen molar-refractivity contribution in [1.29, 1.82) is 0 Å². The maximum atomic E-state index is 5.95. The van der Waals surface area contributed by atoms with E-state index in [1.165, 1.54) is 16.9 Å². The lowest BCUT2D eigenvalue weighted by atomic mass is 10.1. The Morgan fingerprint density at radius 1 is 1.10 bits per heavy atom. The van der Waals surface area contributed by atoms with Gasteiger partial charge in [-0.3, -0.25) is 0 Å². The van der Waals surface area contributed by atoms with Crippen LogP contribution in [0.25, 0.3) is 0 Å². The highest BCUT2D eigenvalue weighted by Crippen LogP contribution is 2.32. The van der Waals surface area contributed by atoms with Crippen molar-refractivity contribution in [2.75, 3.05) is 0 Å². The molecule has 1 aromatic heterocycles. The molecule has 2 aromatic rings. The first-order valence-corrected chi connectivity index (χ1v) is 7.90. The van der Waals surface area contributed by atoms with Crippen LogP contribution in [0, 0.1) is 20.8 Å². The quantitative estimate of drug-likeness (QED) is 0.922. The monoisotopic (exact) mass is 305 g/mol. The Kier molecular flexibility index (Phi) is 4.64. The van der Waals surface area contributed by atoms with Crippen molar-refractivity contribution >= 4 is 11.3 Å². The number of aromatic nitrogens is 2. The van der Waals surface area contributed by atoms with Crippen LogP contribution in [-0.2, 0) is 6.54 Å². The van der Waals surface area contributed by atoms with E-state index < -0.39 is 0 Å². The van der Waals surface area contributed by atoms with Crippen molar-refractivity contribution in [2.45, 2.75) is 53.6 Å². The number of rotatable bonds is 4. The summed E-state index contributed by atoms with van der Waals surface area (Å²) in [5.41, 5.74) is 3.55. The number of hydrogen-bond acceptors (Lipinski definition) is 5. The van der Waals surface area contributed by atoms with Crippen LogP contribution in [0.4, 0.5) is 0 Å². The first-order valence-electron chi connectivity index (χ1n) is 7.08. The lowest BCUT2D eigenvalue weighted by molar-refractivity contribution is 0.422. The van der Waals surface area contributed by atoms with Crippen molar-refractivity contribution < 1.29 is 4.74 Å². The Bertz CT molecular complexity index is 629. The van der Waals surface area contributed by atoms with Gasteiger partial charge in [0.15, 0.2) is 0 Å². The van der Waals surface area contributed by atoms with Gasteiger partial charge in [0, 0.05) is 5.54 Å². The third-order valence-electron chi connectivity index (χ3n) is 3.28. The molecule has 0 aliphatic carbocycles. The van der Waals surface area contributed by atoms with Crippen molar-refractivity contribution in [1.82, 2.24) is 15.5 Å². The lowest BCUT2D eigenvalue weighted by Crippen LogP contribution is -2.35. The van der Waals surface area contributed by atoms with Gasteiger partial charge in [-0.15, -0.1) is 5.10 Å². The summed E-state index contributed by atoms with van der Waals surface area (Å²) in [5.74, 6) is 0.890. The second kappa shape index (κ2) is 6.12. The van der Waals surface area contributed by atoms with Gasteiger partial charge in [-0.05, 0) is 58.2 Å². The van der Waals surface area contributed by atoms with Crippen molar-refractivity contribution in [3.63, 3.8) is 0 Å². The van der Waals surface area contributed by atoms with E-state index in [0.717, 1.165) is 21.9 Å². The molecule has 0 atom stereocenters. The molecule has 0 aliphatic rings. The van der Waals surface area contributed by atoms with Crippen LogP contribution in [-0.4, -0.2) is 15.7 Å². The van der Waals surface area contributed by atoms with Gasteiger partial charge in [-0.1, -0.05) is 28.6 Å². The summed E-state index contributed by atoms with van der Waals surface area (Å²) in [5, 5.41) is 13.2. The summed E-state index contributed by atoms with van der Waals surface area (Å²) in [7, 11) is 0. The SMILES string of the molecule is Cc1ccc(C)c(Oc2nnc(CNC(C)(C)C)s2)c1C. The molecule has 0 spiro atoms. The molecule has 1 N–H and O–H groups in total. The summed E-state index contributed by atoms with van der Waals surface area (Å²) in [6, 6.07) is 4.18. The molecule has 0 radical (unpaired) electrons. The number of ether oxygens (including phenoxy) is 1. The fraction of sp³-hybridized carbons (Fsp3) is 0.500. The molecule has 114 valence electrons. The zero-order valence-corrected chi connectivity index (χ0v) is 14.4. The van der Waals surface area contributed by atoms with Gasteiger partial charge in [-0.2, -0.15) is 0 Å². The molecule has 0 unspecified atom stereocenters. The molecule has 0 saturated heterocycles. The van der Waals surface area contributed by atoms with Crippen LogP contribution in [0.15, 0.2) is 12.1 Å². The third kappa shape index (κ3) is 4.25. The first kappa shape index (κ1) is 15.9. The van der Waals surface area contributed by atoms with Crippen LogP contribution in [0.3, 0.4) is 0 Å². The molecule has 2 rings (SSSR count). The van der Waals surface area contributed by atoms with Gasteiger partial charge in [0.05, 0.1) is 6.54 Å². The Labute approximate surface area is 130 Å². The zero-order valence-electron chi connectivity index (χ0n) is 13.6. The molecule has 0 aliphatic heterocycles. The molecule has 4 nitrogen and oxygen atoms in total. The fourth-order valence-electron chi connectivity index (χ4n) is 1.86. The summed E-state index contributed by atoms with van der Waals surface area (Å²) in [6.45, 7) is 13.3. The van der Waals surface area contributed by atoms with Crippen molar-refractivity contribution in [3.8, 4) is 10.9 Å². The highest BCUT2D eigenvalue weighted by Gasteiger charge is 2.14. The van der Waals surface area contributed by atoms with E-state index in [0.29, 0.717) is 11.7 Å². The van der Waals surface area contributed by atoms with Gasteiger partial charge in [0.25, 0.3) is 5.19 Å². The van der Waals surface area contributed by atoms with Gasteiger partial charge in [-0.25, -0.2) is 0 Å². The lowest BCUT2D eigenvalue weighted by Gasteiger charge is -2.19. The molecule has 1 heterocycles. The van der Waals surface area contributed by atoms with E-state index in [9.17, 15) is 0 Å². The Morgan fingerprint density at radius 3 is 2.43 bits per heavy atom. The topological polar surface area (TPSA) is 47.0 Å². The molecular formula is C16H23N3OS. The minimum atomic E-state index is 0.0659. The maximum Gasteiger partial charge on any atom is 0.299 e. The van der Waals surface area contributed by atoms with Gasteiger partial charge < -0.3 is 10.1 Å². The number of aryl methyl sites for hydroxylation is 2. The molecule has 0 bridgehead atoms. The van der Waals surface area contributed by atoms with Crippen LogP contribution < -0.4 is 10.1 Å². The molecule has 21 heavy (non-hydrogen) atoms. The molecule has 0 fully saturated rings. The van der Waals surface area contributed by atoms with Gasteiger partial charge >= 0.3 is 0 Å². The average Bonchev–Trinajstić information content (AvgIpc) is 2.84. The molecular weight excluding hydrogens is 282 g/mol. The van der Waals surface area contributed by atoms with Crippen LogP contribution in [0.1, 0.15) is 42.5 Å². The first-order chi connectivity index (χ1) is 9.76. The summed E-state index contributed by atoms with van der Waals surface area (Å²) in [6.07, 6.45) is 0. The normalized spacial score (nSPS) is 11.7. The molecule has 0 amide bonds. The smallest absolute Gasteiger partial charge is 0.299 e. The Balaban J connectivity index is 2.11.